The third-order valence-corrected chi connectivity index (χ3v) is 5.19. The van der Waals surface area contributed by atoms with Gasteiger partial charge in [0.1, 0.15) is 0 Å². The highest BCUT2D eigenvalue weighted by Crippen LogP contribution is 2.34. The van der Waals surface area contributed by atoms with Crippen LogP contribution < -0.4 is 10.2 Å². The van der Waals surface area contributed by atoms with E-state index in [1.54, 1.807) is 0 Å². The SMILES string of the molecule is O=C(CCCc1nc(-c2ccccc2)no1)Nc1cccc(Cl)c1N1CCOCC1. The second-order valence-corrected chi connectivity index (χ2v) is 7.42. The van der Waals surface area contributed by atoms with Gasteiger partial charge in [-0.15, -0.1) is 0 Å². The fourth-order valence-electron chi connectivity index (χ4n) is 3.40. The Bertz CT molecular complexity index is 987. The lowest BCUT2D eigenvalue weighted by molar-refractivity contribution is -0.116. The molecule has 4 rings (SSSR count). The number of anilines is 2. The molecule has 1 fully saturated rings. The third-order valence-electron chi connectivity index (χ3n) is 4.88. The maximum Gasteiger partial charge on any atom is 0.226 e. The normalized spacial score (nSPS) is 14.0. The molecule has 8 heteroatoms. The van der Waals surface area contributed by atoms with E-state index in [1.165, 1.54) is 0 Å². The number of aryl methyl sites for hydroxylation is 1. The van der Waals surface area contributed by atoms with Crippen LogP contribution in [0.5, 0.6) is 0 Å². The molecule has 1 amide bonds. The van der Waals surface area contributed by atoms with Crippen LogP contribution in [-0.2, 0) is 16.0 Å². The van der Waals surface area contributed by atoms with Crippen LogP contribution in [0.1, 0.15) is 18.7 Å². The molecule has 1 aromatic heterocycles. The van der Waals surface area contributed by atoms with E-state index in [0.29, 0.717) is 49.2 Å². The van der Waals surface area contributed by atoms with Gasteiger partial charge in [-0.25, -0.2) is 0 Å². The van der Waals surface area contributed by atoms with E-state index in [4.69, 9.17) is 20.9 Å². The third kappa shape index (κ3) is 4.98. The summed E-state index contributed by atoms with van der Waals surface area (Å²) in [6.07, 6.45) is 1.49. The Hall–Kier alpha value is -2.90. The number of morpholine rings is 1. The van der Waals surface area contributed by atoms with E-state index >= 15 is 0 Å². The summed E-state index contributed by atoms with van der Waals surface area (Å²) < 4.78 is 10.7. The predicted molar refractivity (Wildman–Crippen MR) is 116 cm³/mol. The van der Waals surface area contributed by atoms with Gasteiger partial charge in [0.2, 0.25) is 17.6 Å². The van der Waals surface area contributed by atoms with Crippen LogP contribution in [0.2, 0.25) is 5.02 Å². The van der Waals surface area contributed by atoms with Gasteiger partial charge >= 0.3 is 0 Å². The first kappa shape index (κ1) is 20.4. The summed E-state index contributed by atoms with van der Waals surface area (Å²) in [6, 6.07) is 15.2. The highest BCUT2D eigenvalue weighted by molar-refractivity contribution is 6.34. The fraction of sp³-hybridized carbons (Fsp3) is 0.318. The van der Waals surface area contributed by atoms with Gasteiger partial charge in [0.25, 0.3) is 0 Å². The molecule has 0 spiro atoms. The van der Waals surface area contributed by atoms with Gasteiger partial charge in [-0.1, -0.05) is 53.2 Å². The van der Waals surface area contributed by atoms with Crippen LogP contribution in [0, 0.1) is 0 Å². The zero-order valence-electron chi connectivity index (χ0n) is 16.5. The average Bonchev–Trinajstić information content (AvgIpc) is 3.24. The van der Waals surface area contributed by atoms with Crippen molar-refractivity contribution in [1.82, 2.24) is 10.1 Å². The van der Waals surface area contributed by atoms with Gasteiger partial charge in [-0.2, -0.15) is 4.98 Å². The number of hydrogen-bond acceptors (Lipinski definition) is 6. The molecule has 0 atom stereocenters. The van der Waals surface area contributed by atoms with Crippen LogP contribution >= 0.6 is 11.6 Å². The summed E-state index contributed by atoms with van der Waals surface area (Å²) in [7, 11) is 0. The van der Waals surface area contributed by atoms with Crippen LogP contribution in [0.4, 0.5) is 11.4 Å². The molecule has 7 nitrogen and oxygen atoms in total. The Morgan fingerprint density at radius 1 is 1.10 bits per heavy atom. The lowest BCUT2D eigenvalue weighted by Crippen LogP contribution is -2.37. The molecule has 1 aliphatic heterocycles. The van der Waals surface area contributed by atoms with E-state index in [1.807, 2.05) is 48.5 Å². The second-order valence-electron chi connectivity index (χ2n) is 7.01. The van der Waals surface area contributed by atoms with E-state index in [2.05, 4.69) is 20.4 Å². The largest absolute Gasteiger partial charge is 0.378 e. The number of halogens is 1. The van der Waals surface area contributed by atoms with Crippen molar-refractivity contribution in [2.24, 2.45) is 0 Å². The van der Waals surface area contributed by atoms with E-state index < -0.39 is 0 Å². The summed E-state index contributed by atoms with van der Waals surface area (Å²) in [4.78, 5) is 19.1. The van der Waals surface area contributed by atoms with Crippen molar-refractivity contribution in [2.45, 2.75) is 19.3 Å². The lowest BCUT2D eigenvalue weighted by atomic mass is 10.2. The summed E-state index contributed by atoms with van der Waals surface area (Å²) in [5.74, 6) is 1.01. The highest BCUT2D eigenvalue weighted by Gasteiger charge is 2.19. The lowest BCUT2D eigenvalue weighted by Gasteiger charge is -2.31. The number of aromatic nitrogens is 2. The predicted octanol–water partition coefficient (Wildman–Crippen LogP) is 4.19. The van der Waals surface area contributed by atoms with Crippen LogP contribution in [-0.4, -0.2) is 42.4 Å². The van der Waals surface area contributed by atoms with Gasteiger partial charge in [0.05, 0.1) is 29.6 Å². The number of carbonyl (C=O) groups is 1. The zero-order valence-corrected chi connectivity index (χ0v) is 17.3. The summed E-state index contributed by atoms with van der Waals surface area (Å²) >= 11 is 6.42. The van der Waals surface area contributed by atoms with Crippen molar-refractivity contribution in [3.63, 3.8) is 0 Å². The highest BCUT2D eigenvalue weighted by atomic mass is 35.5. The number of rotatable bonds is 7. The van der Waals surface area contributed by atoms with E-state index in [9.17, 15) is 4.79 Å². The summed E-state index contributed by atoms with van der Waals surface area (Å²) in [6.45, 7) is 2.78. The topological polar surface area (TPSA) is 80.5 Å². The number of nitrogens with zero attached hydrogens (tertiary/aromatic N) is 3. The quantitative estimate of drug-likeness (QED) is 0.610. The van der Waals surface area contributed by atoms with Gasteiger partial charge in [-0.3, -0.25) is 4.79 Å². The molecule has 0 bridgehead atoms. The molecule has 30 heavy (non-hydrogen) atoms. The number of benzene rings is 2. The van der Waals surface area contributed by atoms with E-state index in [0.717, 1.165) is 30.0 Å². The summed E-state index contributed by atoms with van der Waals surface area (Å²) in [5.41, 5.74) is 2.47. The molecule has 1 N–H and O–H groups in total. The van der Waals surface area contributed by atoms with Crippen molar-refractivity contribution in [3.8, 4) is 11.4 Å². The molecule has 1 saturated heterocycles. The molecule has 0 aliphatic carbocycles. The first-order valence-electron chi connectivity index (χ1n) is 10.00. The Balaban J connectivity index is 1.33. The van der Waals surface area contributed by atoms with Crippen molar-refractivity contribution < 1.29 is 14.1 Å². The van der Waals surface area contributed by atoms with Gasteiger partial charge in [-0.05, 0) is 18.6 Å². The van der Waals surface area contributed by atoms with Crippen LogP contribution in [0.3, 0.4) is 0 Å². The molecule has 0 radical (unpaired) electrons. The molecule has 0 unspecified atom stereocenters. The van der Waals surface area contributed by atoms with Crippen LogP contribution in [0.15, 0.2) is 53.1 Å². The molecule has 3 aromatic rings. The fourth-order valence-corrected chi connectivity index (χ4v) is 3.69. The van der Waals surface area contributed by atoms with Crippen molar-refractivity contribution in [1.29, 1.82) is 0 Å². The standard InChI is InChI=1S/C22H23ClN4O3/c23-17-8-4-9-18(21(17)27-12-14-29-15-13-27)24-19(28)10-5-11-20-25-22(26-30-20)16-6-2-1-3-7-16/h1-4,6-9H,5,10-15H2,(H,24,28). The first-order valence-corrected chi connectivity index (χ1v) is 10.4. The Morgan fingerprint density at radius 2 is 1.90 bits per heavy atom. The molecule has 156 valence electrons. The van der Waals surface area contributed by atoms with Crippen LogP contribution in [0.25, 0.3) is 11.4 Å². The van der Waals surface area contributed by atoms with Gasteiger partial charge < -0.3 is 19.5 Å². The maximum atomic E-state index is 12.5. The van der Waals surface area contributed by atoms with E-state index in [-0.39, 0.29) is 5.91 Å². The number of nitrogens with one attached hydrogen (secondary N) is 1. The molecule has 2 aromatic carbocycles. The van der Waals surface area contributed by atoms with Gasteiger partial charge in [0, 0.05) is 31.5 Å². The molecule has 0 saturated carbocycles. The number of hydrogen-bond donors (Lipinski definition) is 1. The average molecular weight is 427 g/mol. The van der Waals surface area contributed by atoms with Crippen molar-refractivity contribution >= 4 is 28.9 Å². The van der Waals surface area contributed by atoms with Crippen molar-refractivity contribution in [3.05, 3.63) is 59.4 Å². The Labute approximate surface area is 180 Å². The molecular formula is C22H23ClN4O3. The minimum atomic E-state index is -0.0745. The zero-order chi connectivity index (χ0) is 20.8. The van der Waals surface area contributed by atoms with Crippen molar-refractivity contribution in [2.75, 3.05) is 36.5 Å². The number of ether oxygens (including phenoxy) is 1. The summed E-state index contributed by atoms with van der Waals surface area (Å²) in [5, 5.41) is 7.62. The number of para-hydroxylation sites is 1. The smallest absolute Gasteiger partial charge is 0.226 e. The Morgan fingerprint density at radius 3 is 2.70 bits per heavy atom. The van der Waals surface area contributed by atoms with Gasteiger partial charge in [0.15, 0.2) is 0 Å². The Kier molecular flexibility index (Phi) is 6.61. The first-order chi connectivity index (χ1) is 14.7. The molecule has 2 heterocycles. The number of carbonyl (C=O) groups excluding carboxylic acids is 1. The monoisotopic (exact) mass is 426 g/mol. The maximum absolute atomic E-state index is 12.5. The number of amides is 1. The molecular weight excluding hydrogens is 404 g/mol. The minimum Gasteiger partial charge on any atom is -0.378 e. The molecule has 1 aliphatic rings. The minimum absolute atomic E-state index is 0.0745. The second kappa shape index (κ2) is 9.73.